The summed E-state index contributed by atoms with van der Waals surface area (Å²) in [4.78, 5) is 15.0. The van der Waals surface area contributed by atoms with Crippen LogP contribution in [0.4, 0.5) is 5.69 Å². The number of anilines is 1. The van der Waals surface area contributed by atoms with E-state index in [0.29, 0.717) is 35.6 Å². The molecule has 3 saturated heterocycles. The second kappa shape index (κ2) is 22.1. The lowest BCUT2D eigenvalue weighted by molar-refractivity contribution is 0.0116. The molecule has 2 aromatic heterocycles. The minimum Gasteiger partial charge on any atom is -0.456 e. The molecule has 1 N–H and O–H groups in total. The molecule has 0 spiro atoms. The topological polar surface area (TPSA) is 81.7 Å². The number of nitrogens with one attached hydrogen (secondary N) is 1. The average Bonchev–Trinajstić information content (AvgIpc) is 4.19. The third kappa shape index (κ3) is 11.6. The van der Waals surface area contributed by atoms with Crippen LogP contribution in [0.1, 0.15) is 46.5 Å². The van der Waals surface area contributed by atoms with Crippen LogP contribution in [-0.2, 0) is 13.9 Å². The molecule has 0 unspecified atom stereocenters. The normalized spacial score (nSPS) is 19.4. The molecule has 10 rings (SSSR count). The highest BCUT2D eigenvalue weighted by Gasteiger charge is 2.52. The first-order valence-electron chi connectivity index (χ1n) is 24.3. The van der Waals surface area contributed by atoms with Gasteiger partial charge in [-0.1, -0.05) is 166 Å². The molecule has 0 aliphatic carbocycles. The third-order valence-corrected chi connectivity index (χ3v) is 23.8. The van der Waals surface area contributed by atoms with Crippen molar-refractivity contribution in [2.75, 3.05) is 43.5 Å². The van der Waals surface area contributed by atoms with Crippen LogP contribution < -0.4 is 30.9 Å². The van der Waals surface area contributed by atoms with Crippen LogP contribution in [0.15, 0.2) is 152 Å². The monoisotopic (exact) mass is 982 g/mol. The van der Waals surface area contributed by atoms with Crippen molar-refractivity contribution in [1.29, 1.82) is 0 Å². The number of hydrogen-bond donors (Lipinski definition) is 1. The summed E-state index contributed by atoms with van der Waals surface area (Å²) in [5.41, 5.74) is 4.19. The minimum atomic E-state index is -1.94. The summed E-state index contributed by atoms with van der Waals surface area (Å²) in [7, 11) is -2.51. The summed E-state index contributed by atoms with van der Waals surface area (Å²) in [6.07, 6.45) is 6.88. The number of fused-ring (bicyclic) bond motifs is 2. The second-order valence-electron chi connectivity index (χ2n) is 19.5. The van der Waals surface area contributed by atoms with Crippen molar-refractivity contribution in [3.63, 3.8) is 0 Å². The molecule has 3 aliphatic heterocycles. The first-order chi connectivity index (χ1) is 33.0. The number of ether oxygens (including phenoxy) is 3. The molecule has 0 radical (unpaired) electrons. The Hall–Kier alpha value is -4.43. The fraction of sp³-hybridized carbons (Fsp3) is 0.357. The van der Waals surface area contributed by atoms with Gasteiger partial charge in [0.05, 0.1) is 35.6 Å². The fourth-order valence-electron chi connectivity index (χ4n) is 9.08. The smallest absolute Gasteiger partial charge is 0.296 e. The number of nitrogens with zero attached hydrogens (tertiary/aromatic N) is 3. The SMILES string of the molecule is CC(C)(C)[Si](C)(C)O[C@@H]1CO[C@H]2[C@@H]1OC[C@H]2Oc1nc2nc(-c3ccc(N4CCCC4)cc3)c(Cl)cc2[nH]1.c1ccc(P(CCCCP(c2ccccc2)c2ccccc2)c2ccccc2)cc1. The van der Waals surface area contributed by atoms with E-state index in [1.165, 1.54) is 64.9 Å². The van der Waals surface area contributed by atoms with Gasteiger partial charge in [-0.3, -0.25) is 0 Å². The van der Waals surface area contributed by atoms with Crippen molar-refractivity contribution >= 4 is 73.8 Å². The van der Waals surface area contributed by atoms with Crippen molar-refractivity contribution in [3.8, 4) is 17.3 Å². The Morgan fingerprint density at radius 3 is 1.62 bits per heavy atom. The fourth-order valence-corrected chi connectivity index (χ4v) is 15.5. The van der Waals surface area contributed by atoms with E-state index in [-0.39, 0.29) is 45.3 Å². The van der Waals surface area contributed by atoms with E-state index in [0.717, 1.165) is 24.2 Å². The summed E-state index contributed by atoms with van der Waals surface area (Å²) >= 11 is 6.65. The molecule has 0 saturated carbocycles. The molecule has 7 aromatic rings. The molecule has 0 bridgehead atoms. The van der Waals surface area contributed by atoms with E-state index in [4.69, 9.17) is 35.2 Å². The lowest BCUT2D eigenvalue weighted by atomic mass is 10.1. The zero-order valence-corrected chi connectivity index (χ0v) is 43.6. The molecule has 354 valence electrons. The van der Waals surface area contributed by atoms with Crippen molar-refractivity contribution in [1.82, 2.24) is 15.0 Å². The summed E-state index contributed by atoms with van der Waals surface area (Å²) in [6.45, 7) is 14.4. The zero-order valence-electron chi connectivity index (χ0n) is 40.1. The molecule has 4 atom stereocenters. The van der Waals surface area contributed by atoms with Crippen LogP contribution >= 0.6 is 27.4 Å². The van der Waals surface area contributed by atoms with Gasteiger partial charge in [0.15, 0.2) is 20.1 Å². The van der Waals surface area contributed by atoms with Gasteiger partial charge in [-0.15, -0.1) is 0 Å². The highest BCUT2D eigenvalue weighted by Crippen LogP contribution is 2.42. The van der Waals surface area contributed by atoms with Crippen molar-refractivity contribution in [2.45, 2.75) is 89.0 Å². The first kappa shape index (κ1) is 48.6. The lowest BCUT2D eigenvalue weighted by Gasteiger charge is -2.39. The first-order valence-corrected chi connectivity index (χ1v) is 30.6. The molecule has 8 nitrogen and oxygen atoms in total. The number of aromatic nitrogens is 3. The summed E-state index contributed by atoms with van der Waals surface area (Å²) in [5, 5.41) is 6.66. The molecule has 5 aromatic carbocycles. The Morgan fingerprint density at radius 2 is 1.13 bits per heavy atom. The van der Waals surface area contributed by atoms with Gasteiger partial charge in [-0.05, 0) is 111 Å². The molecule has 5 heterocycles. The molecule has 3 aliphatic rings. The van der Waals surface area contributed by atoms with Crippen LogP contribution in [-0.4, -0.2) is 86.3 Å². The van der Waals surface area contributed by atoms with Crippen LogP contribution in [0, 0.1) is 0 Å². The average molecular weight is 984 g/mol. The van der Waals surface area contributed by atoms with Gasteiger partial charge < -0.3 is 28.5 Å². The largest absolute Gasteiger partial charge is 0.456 e. The third-order valence-electron chi connectivity index (χ3n) is 13.8. The van der Waals surface area contributed by atoms with E-state index in [2.05, 4.69) is 194 Å². The summed E-state index contributed by atoms with van der Waals surface area (Å²) in [6, 6.07) is 55.0. The second-order valence-corrected chi connectivity index (χ2v) is 29.3. The van der Waals surface area contributed by atoms with Gasteiger partial charge in [0.25, 0.3) is 6.01 Å². The predicted octanol–water partition coefficient (Wildman–Crippen LogP) is 11.8. The van der Waals surface area contributed by atoms with Gasteiger partial charge in [0, 0.05) is 24.3 Å². The summed E-state index contributed by atoms with van der Waals surface area (Å²) in [5.74, 6) is 0. The molecule has 0 amide bonds. The number of H-pyrrole nitrogens is 1. The maximum atomic E-state index is 6.65. The van der Waals surface area contributed by atoms with Crippen molar-refractivity contribution in [2.24, 2.45) is 0 Å². The number of halogens is 1. The number of pyridine rings is 1. The maximum absolute atomic E-state index is 6.65. The molecule has 68 heavy (non-hydrogen) atoms. The van der Waals surface area contributed by atoms with E-state index in [1.807, 2.05) is 6.07 Å². The highest BCUT2D eigenvalue weighted by atomic mass is 35.5. The van der Waals surface area contributed by atoms with Crippen LogP contribution in [0.25, 0.3) is 22.4 Å². The minimum absolute atomic E-state index is 0.0787. The Kier molecular flexibility index (Phi) is 15.8. The van der Waals surface area contributed by atoms with Gasteiger partial charge in [-0.25, -0.2) is 4.98 Å². The standard InChI is InChI=1S/C28H37ClN4O4Si.C28H28P2/c1-28(2,3)38(4,5)37-22-16-35-24-21(15-34-25(22)24)36-27-30-20-14-19(29)23(31-26(20)32-27)17-8-10-18(11-9-17)33-12-6-7-13-33;1-5-15-25(16-6-1)29(26-17-7-2-8-18-26)23-13-14-24-30(27-19-9-3-10-20-27)28-21-11-4-12-22-28/h8-11,14,21-22,24-25H,6-7,12-13,15-16H2,1-5H3,(H,30,31,32);1-12,15-22H,13-14,23-24H2/t21-,22-,24-,25-;/m1./s1. The number of aromatic amines is 1. The van der Waals surface area contributed by atoms with E-state index < -0.39 is 8.32 Å². The zero-order chi connectivity index (χ0) is 47.1. The quantitative estimate of drug-likeness (QED) is 0.0623. The van der Waals surface area contributed by atoms with Crippen LogP contribution in [0.2, 0.25) is 23.2 Å². The highest BCUT2D eigenvalue weighted by molar-refractivity contribution is 7.73. The van der Waals surface area contributed by atoms with Crippen molar-refractivity contribution in [3.05, 3.63) is 157 Å². The van der Waals surface area contributed by atoms with E-state index >= 15 is 0 Å². The lowest BCUT2D eigenvalue weighted by Crippen LogP contribution is -2.47. The number of rotatable bonds is 15. The Balaban J connectivity index is 0.000000175. The van der Waals surface area contributed by atoms with E-state index in [9.17, 15) is 0 Å². The molecular weight excluding hydrogens is 918 g/mol. The van der Waals surface area contributed by atoms with Crippen LogP contribution in [0.5, 0.6) is 6.01 Å². The maximum Gasteiger partial charge on any atom is 0.296 e. The van der Waals surface area contributed by atoms with Gasteiger partial charge in [-0.2, -0.15) is 4.98 Å². The molecule has 12 heteroatoms. The predicted molar refractivity (Wildman–Crippen MR) is 289 cm³/mol. The van der Waals surface area contributed by atoms with Gasteiger partial charge in [0.2, 0.25) is 0 Å². The van der Waals surface area contributed by atoms with Gasteiger partial charge >= 0.3 is 0 Å². The van der Waals surface area contributed by atoms with E-state index in [1.54, 1.807) is 0 Å². The molecular formula is C56H65ClN4O4P2Si. The summed E-state index contributed by atoms with van der Waals surface area (Å²) < 4.78 is 25.1. The van der Waals surface area contributed by atoms with Crippen LogP contribution in [0.3, 0.4) is 0 Å². The number of hydrogen-bond acceptors (Lipinski definition) is 7. The van der Waals surface area contributed by atoms with Gasteiger partial charge in [0.1, 0.15) is 12.2 Å². The number of imidazole rings is 1. The number of benzene rings is 5. The Morgan fingerprint density at radius 1 is 0.662 bits per heavy atom. The Labute approximate surface area is 411 Å². The molecule has 3 fully saturated rings. The van der Waals surface area contributed by atoms with Crippen molar-refractivity contribution < 1.29 is 18.6 Å². The Bertz CT molecular complexity index is 2510. The number of unbranched alkanes of at least 4 members (excludes halogenated alkanes) is 1.